The van der Waals surface area contributed by atoms with Gasteiger partial charge in [0.15, 0.2) is 0 Å². The van der Waals surface area contributed by atoms with Crippen molar-refractivity contribution in [3.05, 3.63) is 35.4 Å². The first-order valence-corrected chi connectivity index (χ1v) is 8.10. The highest BCUT2D eigenvalue weighted by Gasteiger charge is 2.60. The van der Waals surface area contributed by atoms with Gasteiger partial charge in [-0.15, -0.1) is 0 Å². The highest BCUT2D eigenvalue weighted by molar-refractivity contribution is 5.98. The maximum absolute atomic E-state index is 12.6. The summed E-state index contributed by atoms with van der Waals surface area (Å²) in [6.45, 7) is 6.67. The van der Waals surface area contributed by atoms with E-state index in [1.807, 2.05) is 0 Å². The van der Waals surface area contributed by atoms with Crippen LogP contribution in [0.1, 0.15) is 56.0 Å². The van der Waals surface area contributed by atoms with E-state index in [2.05, 4.69) is 31.3 Å². The first-order valence-electron chi connectivity index (χ1n) is 8.10. The highest BCUT2D eigenvalue weighted by atomic mass is 19.4. The number of carbonyl (C=O) groups is 1. The van der Waals surface area contributed by atoms with Crippen molar-refractivity contribution in [3.63, 3.8) is 0 Å². The fourth-order valence-corrected chi connectivity index (χ4v) is 4.09. The molecular formula is C18H21F3N2O. The third-order valence-electron chi connectivity index (χ3n) is 6.28. The standard InChI is InChI=1S/C18H21F3N2O/c1-16(2)13-8-9-17(16,3)14(10-13)22-23-15(24)11-4-6-12(7-5-11)18(19,20)21/h4-7,13H,8-10H2,1-3H3,(H,23,24)/b22-14+/t13-,17+/m1/s1. The van der Waals surface area contributed by atoms with E-state index < -0.39 is 17.6 Å². The summed E-state index contributed by atoms with van der Waals surface area (Å²) in [6, 6.07) is 4.16. The summed E-state index contributed by atoms with van der Waals surface area (Å²) < 4.78 is 37.7. The van der Waals surface area contributed by atoms with Crippen LogP contribution in [0.15, 0.2) is 29.4 Å². The SMILES string of the molecule is CC1(C)[C@@H]2CC[C@@]1(C)/C(=N/NC(=O)c1ccc(C(F)(F)F)cc1)C2. The van der Waals surface area contributed by atoms with E-state index in [1.54, 1.807) is 0 Å². The predicted molar refractivity (Wildman–Crippen MR) is 85.6 cm³/mol. The van der Waals surface area contributed by atoms with Crippen LogP contribution in [-0.4, -0.2) is 11.6 Å². The van der Waals surface area contributed by atoms with Gasteiger partial charge in [0.1, 0.15) is 0 Å². The van der Waals surface area contributed by atoms with Crippen LogP contribution in [0.25, 0.3) is 0 Å². The average molecular weight is 338 g/mol. The maximum Gasteiger partial charge on any atom is 0.416 e. The smallest absolute Gasteiger partial charge is 0.267 e. The molecule has 0 saturated heterocycles. The number of amides is 1. The Balaban J connectivity index is 1.73. The first-order chi connectivity index (χ1) is 11.1. The molecule has 2 aliphatic carbocycles. The molecule has 3 nitrogen and oxygen atoms in total. The van der Waals surface area contributed by atoms with E-state index in [0.29, 0.717) is 5.92 Å². The number of halogens is 3. The number of hydrogen-bond acceptors (Lipinski definition) is 2. The molecule has 2 aliphatic rings. The van der Waals surface area contributed by atoms with E-state index in [1.165, 1.54) is 18.6 Å². The minimum Gasteiger partial charge on any atom is -0.267 e. The molecule has 2 atom stereocenters. The molecule has 1 N–H and O–H groups in total. The Bertz CT molecular complexity index is 691. The van der Waals surface area contributed by atoms with Crippen LogP contribution in [0.5, 0.6) is 0 Å². The van der Waals surface area contributed by atoms with Crippen molar-refractivity contribution in [2.75, 3.05) is 0 Å². The average Bonchev–Trinajstić information content (AvgIpc) is 2.85. The monoisotopic (exact) mass is 338 g/mol. The zero-order valence-corrected chi connectivity index (χ0v) is 14.0. The quantitative estimate of drug-likeness (QED) is 0.784. The fourth-order valence-electron chi connectivity index (χ4n) is 4.09. The molecule has 1 amide bonds. The lowest BCUT2D eigenvalue weighted by Crippen LogP contribution is -2.34. The molecule has 6 heteroatoms. The van der Waals surface area contributed by atoms with Gasteiger partial charge < -0.3 is 0 Å². The lowest BCUT2D eigenvalue weighted by atomic mass is 9.70. The van der Waals surface area contributed by atoms with Gasteiger partial charge in [-0.3, -0.25) is 4.79 Å². The van der Waals surface area contributed by atoms with Gasteiger partial charge in [-0.05, 0) is 54.9 Å². The predicted octanol–water partition coefficient (Wildman–Crippen LogP) is 4.64. The van der Waals surface area contributed by atoms with Crippen LogP contribution in [-0.2, 0) is 6.18 Å². The second kappa shape index (κ2) is 5.33. The zero-order valence-electron chi connectivity index (χ0n) is 14.0. The molecule has 2 fully saturated rings. The van der Waals surface area contributed by atoms with Crippen LogP contribution in [0.3, 0.4) is 0 Å². The van der Waals surface area contributed by atoms with Gasteiger partial charge in [-0.1, -0.05) is 20.8 Å². The van der Waals surface area contributed by atoms with Gasteiger partial charge in [0, 0.05) is 16.7 Å². The molecule has 0 heterocycles. The van der Waals surface area contributed by atoms with Crippen molar-refractivity contribution in [3.8, 4) is 0 Å². The van der Waals surface area contributed by atoms with Gasteiger partial charge in [0.05, 0.1) is 5.56 Å². The van der Waals surface area contributed by atoms with Gasteiger partial charge >= 0.3 is 6.18 Å². The molecule has 0 unspecified atom stereocenters. The van der Waals surface area contributed by atoms with E-state index in [0.717, 1.165) is 30.7 Å². The minimum absolute atomic E-state index is 0.0227. The summed E-state index contributed by atoms with van der Waals surface area (Å²) in [5.74, 6) is 0.0876. The number of nitrogens with one attached hydrogen (secondary N) is 1. The molecule has 0 aliphatic heterocycles. The molecule has 0 spiro atoms. The molecule has 0 radical (unpaired) electrons. The van der Waals surface area contributed by atoms with Crippen LogP contribution in [0, 0.1) is 16.7 Å². The van der Waals surface area contributed by atoms with Crippen molar-refractivity contribution >= 4 is 11.6 Å². The maximum atomic E-state index is 12.6. The largest absolute Gasteiger partial charge is 0.416 e. The highest BCUT2D eigenvalue weighted by Crippen LogP contribution is 2.63. The topological polar surface area (TPSA) is 41.5 Å². The summed E-state index contributed by atoms with van der Waals surface area (Å²) >= 11 is 0. The summed E-state index contributed by atoms with van der Waals surface area (Å²) in [5.41, 5.74) is 3.04. The zero-order chi connectivity index (χ0) is 17.8. The Kier molecular flexibility index (Phi) is 3.77. The summed E-state index contributed by atoms with van der Waals surface area (Å²) in [7, 11) is 0. The molecule has 1 aromatic rings. The Morgan fingerprint density at radius 3 is 2.29 bits per heavy atom. The Labute approximate surface area is 139 Å². The number of alkyl halides is 3. The summed E-state index contributed by atoms with van der Waals surface area (Å²) in [4.78, 5) is 12.1. The number of fused-ring (bicyclic) bond motifs is 2. The van der Waals surface area contributed by atoms with Gasteiger partial charge in [-0.2, -0.15) is 18.3 Å². The Morgan fingerprint density at radius 1 is 1.21 bits per heavy atom. The normalized spacial score (nSPS) is 29.9. The van der Waals surface area contributed by atoms with Crippen molar-refractivity contribution < 1.29 is 18.0 Å². The molecule has 130 valence electrons. The van der Waals surface area contributed by atoms with Crippen molar-refractivity contribution in [2.45, 2.75) is 46.2 Å². The summed E-state index contributed by atoms with van der Waals surface area (Å²) in [6.07, 6.45) is -1.30. The van der Waals surface area contributed by atoms with E-state index in [9.17, 15) is 18.0 Å². The molecular weight excluding hydrogens is 317 g/mol. The number of hydrazone groups is 1. The van der Waals surface area contributed by atoms with Crippen molar-refractivity contribution in [1.29, 1.82) is 0 Å². The van der Waals surface area contributed by atoms with Gasteiger partial charge in [0.25, 0.3) is 5.91 Å². The van der Waals surface area contributed by atoms with E-state index in [-0.39, 0.29) is 16.4 Å². The van der Waals surface area contributed by atoms with Crippen molar-refractivity contribution in [2.24, 2.45) is 21.8 Å². The number of hydrogen-bond donors (Lipinski definition) is 1. The third kappa shape index (κ3) is 2.52. The number of carbonyl (C=O) groups excluding carboxylic acids is 1. The molecule has 2 saturated carbocycles. The summed E-state index contributed by atoms with van der Waals surface area (Å²) in [5, 5.41) is 4.32. The minimum atomic E-state index is -4.40. The second-order valence-electron chi connectivity index (χ2n) is 7.57. The number of benzene rings is 1. The molecule has 0 aromatic heterocycles. The van der Waals surface area contributed by atoms with Gasteiger partial charge in [-0.25, -0.2) is 5.43 Å². The first kappa shape index (κ1) is 17.0. The van der Waals surface area contributed by atoms with E-state index in [4.69, 9.17) is 0 Å². The van der Waals surface area contributed by atoms with E-state index >= 15 is 0 Å². The Morgan fingerprint density at radius 2 is 1.83 bits per heavy atom. The lowest BCUT2D eigenvalue weighted by molar-refractivity contribution is -0.137. The van der Waals surface area contributed by atoms with Crippen molar-refractivity contribution in [1.82, 2.24) is 5.43 Å². The van der Waals surface area contributed by atoms with Crippen LogP contribution in [0.2, 0.25) is 0 Å². The second-order valence-corrected chi connectivity index (χ2v) is 7.57. The molecule has 24 heavy (non-hydrogen) atoms. The fraction of sp³-hybridized carbons (Fsp3) is 0.556. The molecule has 2 bridgehead atoms. The Hall–Kier alpha value is -1.85. The number of rotatable bonds is 2. The number of nitrogens with zero attached hydrogens (tertiary/aromatic N) is 1. The third-order valence-corrected chi connectivity index (χ3v) is 6.28. The van der Waals surface area contributed by atoms with Crippen LogP contribution in [0.4, 0.5) is 13.2 Å². The van der Waals surface area contributed by atoms with Gasteiger partial charge in [0.2, 0.25) is 0 Å². The lowest BCUT2D eigenvalue weighted by Gasteiger charge is -2.34. The van der Waals surface area contributed by atoms with Crippen LogP contribution >= 0.6 is 0 Å². The van der Waals surface area contributed by atoms with Crippen LogP contribution < -0.4 is 5.43 Å². The molecule has 1 aromatic carbocycles. The molecule has 3 rings (SSSR count).